The maximum Gasteiger partial charge on any atom is 0.165 e. The maximum absolute atomic E-state index is 9.80. The number of hydrogen-bond acceptors (Lipinski definition) is 2. The molecule has 0 unspecified atom stereocenters. The highest BCUT2D eigenvalue weighted by Gasteiger charge is 2.14. The lowest BCUT2D eigenvalue weighted by atomic mass is 10.0. The Labute approximate surface area is 83.2 Å². The summed E-state index contributed by atoms with van der Waals surface area (Å²) in [5.41, 5.74) is 4.19. The molecular weight excluding hydrogens is 176 g/mol. The van der Waals surface area contributed by atoms with Crippen LogP contribution >= 0.6 is 0 Å². The van der Waals surface area contributed by atoms with E-state index in [2.05, 4.69) is 13.0 Å². The molecule has 2 heteroatoms. The molecule has 0 saturated heterocycles. The highest BCUT2D eigenvalue weighted by molar-refractivity contribution is 5.91. The van der Waals surface area contributed by atoms with Gasteiger partial charge in [0.15, 0.2) is 5.75 Å². The minimum Gasteiger partial charge on any atom is -0.504 e. The number of rotatable bonds is 0. The van der Waals surface area contributed by atoms with Crippen molar-refractivity contribution in [3.05, 3.63) is 28.5 Å². The quantitative estimate of drug-likeness (QED) is 0.691. The first kappa shape index (κ1) is 9.13. The van der Waals surface area contributed by atoms with Crippen LogP contribution in [0.3, 0.4) is 0 Å². The third kappa shape index (κ3) is 1.03. The molecule has 14 heavy (non-hydrogen) atoms. The Bertz CT molecular complexity index is 507. The summed E-state index contributed by atoms with van der Waals surface area (Å²) in [5, 5.41) is 10.7. The molecule has 1 aromatic carbocycles. The number of benzene rings is 1. The van der Waals surface area contributed by atoms with Crippen LogP contribution in [0.15, 0.2) is 10.5 Å². The van der Waals surface area contributed by atoms with Gasteiger partial charge in [-0.15, -0.1) is 0 Å². The summed E-state index contributed by atoms with van der Waals surface area (Å²) < 4.78 is 5.54. The van der Waals surface area contributed by atoms with E-state index in [0.717, 1.165) is 22.1 Å². The minimum absolute atomic E-state index is 0.278. The number of hydrogen-bond donors (Lipinski definition) is 1. The van der Waals surface area contributed by atoms with Crippen molar-refractivity contribution < 1.29 is 9.52 Å². The molecule has 0 bridgehead atoms. The van der Waals surface area contributed by atoms with E-state index < -0.39 is 0 Å². The van der Waals surface area contributed by atoms with Crippen molar-refractivity contribution in [1.82, 2.24) is 0 Å². The number of aryl methyl sites for hydroxylation is 4. The van der Waals surface area contributed by atoms with Gasteiger partial charge in [-0.25, -0.2) is 0 Å². The van der Waals surface area contributed by atoms with Crippen molar-refractivity contribution >= 4 is 11.0 Å². The van der Waals surface area contributed by atoms with E-state index in [0.29, 0.717) is 5.76 Å². The van der Waals surface area contributed by atoms with Gasteiger partial charge in [0, 0.05) is 0 Å². The second-order valence-electron chi connectivity index (χ2n) is 3.85. The smallest absolute Gasteiger partial charge is 0.165 e. The van der Waals surface area contributed by atoms with Gasteiger partial charge >= 0.3 is 0 Å². The highest BCUT2D eigenvalue weighted by atomic mass is 16.4. The van der Waals surface area contributed by atoms with Crippen LogP contribution in [-0.2, 0) is 0 Å². The Morgan fingerprint density at radius 3 is 2.36 bits per heavy atom. The van der Waals surface area contributed by atoms with Gasteiger partial charge in [0.25, 0.3) is 0 Å². The third-order valence-corrected chi connectivity index (χ3v) is 2.81. The molecule has 1 heterocycles. The average Bonchev–Trinajstić information content (AvgIpc) is 2.40. The van der Waals surface area contributed by atoms with Gasteiger partial charge in [-0.2, -0.15) is 0 Å². The molecule has 0 aliphatic carbocycles. The Hall–Kier alpha value is -1.44. The van der Waals surface area contributed by atoms with Crippen molar-refractivity contribution in [2.75, 3.05) is 0 Å². The fraction of sp³-hybridized carbons (Fsp3) is 0.333. The van der Waals surface area contributed by atoms with E-state index in [-0.39, 0.29) is 5.75 Å². The van der Waals surface area contributed by atoms with Crippen LogP contribution in [0.25, 0.3) is 11.0 Å². The lowest BCUT2D eigenvalue weighted by molar-refractivity contribution is 0.451. The van der Waals surface area contributed by atoms with Crippen molar-refractivity contribution in [3.8, 4) is 5.75 Å². The van der Waals surface area contributed by atoms with Crippen LogP contribution < -0.4 is 0 Å². The van der Waals surface area contributed by atoms with E-state index in [4.69, 9.17) is 4.42 Å². The molecule has 2 rings (SSSR count). The summed E-state index contributed by atoms with van der Waals surface area (Å²) in [6.07, 6.45) is 0. The molecule has 2 aromatic rings. The topological polar surface area (TPSA) is 33.4 Å². The summed E-state index contributed by atoms with van der Waals surface area (Å²) in [4.78, 5) is 0. The Morgan fingerprint density at radius 2 is 1.71 bits per heavy atom. The van der Waals surface area contributed by atoms with Crippen molar-refractivity contribution in [1.29, 1.82) is 0 Å². The molecular formula is C12H14O2. The van der Waals surface area contributed by atoms with E-state index in [1.807, 2.05) is 13.8 Å². The molecule has 74 valence electrons. The lowest BCUT2D eigenvalue weighted by Gasteiger charge is -2.03. The SMILES string of the molecule is Cc1cc(C)c2c(O)c(C)oc2c1C. The fourth-order valence-electron chi connectivity index (χ4n) is 1.85. The molecule has 0 spiro atoms. The molecule has 0 fully saturated rings. The molecule has 0 aliphatic rings. The molecule has 0 amide bonds. The third-order valence-electron chi connectivity index (χ3n) is 2.81. The van der Waals surface area contributed by atoms with Crippen LogP contribution in [0.1, 0.15) is 22.5 Å². The Kier molecular flexibility index (Phi) is 1.81. The zero-order chi connectivity index (χ0) is 10.5. The second-order valence-corrected chi connectivity index (χ2v) is 3.85. The minimum atomic E-state index is 0.278. The van der Waals surface area contributed by atoms with E-state index in [1.54, 1.807) is 6.92 Å². The van der Waals surface area contributed by atoms with Gasteiger partial charge in [-0.1, -0.05) is 6.07 Å². The number of fused-ring (bicyclic) bond motifs is 1. The van der Waals surface area contributed by atoms with Crippen LogP contribution in [0.2, 0.25) is 0 Å². The summed E-state index contributed by atoms with van der Waals surface area (Å²) in [7, 11) is 0. The summed E-state index contributed by atoms with van der Waals surface area (Å²) in [6.45, 7) is 7.84. The molecule has 0 saturated carbocycles. The first-order valence-corrected chi connectivity index (χ1v) is 4.71. The molecule has 2 nitrogen and oxygen atoms in total. The van der Waals surface area contributed by atoms with Crippen LogP contribution in [0.4, 0.5) is 0 Å². The zero-order valence-corrected chi connectivity index (χ0v) is 8.93. The van der Waals surface area contributed by atoms with Crippen molar-refractivity contribution in [2.45, 2.75) is 27.7 Å². The lowest BCUT2D eigenvalue weighted by Crippen LogP contribution is -1.84. The van der Waals surface area contributed by atoms with Gasteiger partial charge in [-0.3, -0.25) is 0 Å². The van der Waals surface area contributed by atoms with Gasteiger partial charge in [0.2, 0.25) is 0 Å². The molecule has 0 atom stereocenters. The van der Waals surface area contributed by atoms with Gasteiger partial charge in [0.1, 0.15) is 11.3 Å². The summed E-state index contributed by atoms with van der Waals surface area (Å²) in [5.74, 6) is 0.873. The largest absolute Gasteiger partial charge is 0.504 e. The zero-order valence-electron chi connectivity index (χ0n) is 8.93. The van der Waals surface area contributed by atoms with Gasteiger partial charge < -0.3 is 9.52 Å². The summed E-state index contributed by atoms with van der Waals surface area (Å²) in [6, 6.07) is 2.08. The highest BCUT2D eigenvalue weighted by Crippen LogP contribution is 2.36. The summed E-state index contributed by atoms with van der Waals surface area (Å²) >= 11 is 0. The van der Waals surface area contributed by atoms with Crippen molar-refractivity contribution in [3.63, 3.8) is 0 Å². The standard InChI is InChI=1S/C12H14O2/c1-6-5-7(2)10-11(13)9(4)14-12(10)8(6)3/h5,13H,1-4H3. The second kappa shape index (κ2) is 2.77. The van der Waals surface area contributed by atoms with Crippen LogP contribution in [-0.4, -0.2) is 5.11 Å². The first-order valence-electron chi connectivity index (χ1n) is 4.71. The van der Waals surface area contributed by atoms with Gasteiger partial charge in [-0.05, 0) is 44.4 Å². The average molecular weight is 190 g/mol. The molecule has 1 N–H and O–H groups in total. The normalized spacial score (nSPS) is 11.1. The predicted octanol–water partition coefficient (Wildman–Crippen LogP) is 3.37. The fourth-order valence-corrected chi connectivity index (χ4v) is 1.85. The van der Waals surface area contributed by atoms with Gasteiger partial charge in [0.05, 0.1) is 5.39 Å². The Morgan fingerprint density at radius 1 is 1.07 bits per heavy atom. The maximum atomic E-state index is 9.80. The van der Waals surface area contributed by atoms with Crippen LogP contribution in [0, 0.1) is 27.7 Å². The van der Waals surface area contributed by atoms with E-state index >= 15 is 0 Å². The molecule has 1 aromatic heterocycles. The Balaban J connectivity index is 3.02. The van der Waals surface area contributed by atoms with Crippen molar-refractivity contribution in [2.24, 2.45) is 0 Å². The predicted molar refractivity (Wildman–Crippen MR) is 56.8 cm³/mol. The van der Waals surface area contributed by atoms with E-state index in [9.17, 15) is 5.11 Å². The number of furan rings is 1. The van der Waals surface area contributed by atoms with Crippen LogP contribution in [0.5, 0.6) is 5.75 Å². The first-order chi connectivity index (χ1) is 6.52. The number of aromatic hydroxyl groups is 1. The monoisotopic (exact) mass is 190 g/mol. The molecule has 0 radical (unpaired) electrons. The molecule has 0 aliphatic heterocycles. The van der Waals surface area contributed by atoms with E-state index in [1.165, 1.54) is 5.56 Å².